The lowest BCUT2D eigenvalue weighted by Crippen LogP contribution is -2.05. The molecule has 2 rings (SSSR count). The Morgan fingerprint density at radius 1 is 1.12 bits per heavy atom. The van der Waals surface area contributed by atoms with E-state index in [1.54, 1.807) is 12.1 Å². The van der Waals surface area contributed by atoms with E-state index in [-0.39, 0.29) is 11.1 Å². The quantitative estimate of drug-likeness (QED) is 0.883. The number of thiophene rings is 2. The molecule has 0 aromatic carbocycles. The molecule has 0 bridgehead atoms. The molecule has 82 valence electrons. The molecule has 0 aliphatic carbocycles. The van der Waals surface area contributed by atoms with Crippen LogP contribution in [-0.2, 0) is 0 Å². The Labute approximate surface area is 98.4 Å². The fourth-order valence-corrected chi connectivity index (χ4v) is 3.23. The highest BCUT2D eigenvalue weighted by molar-refractivity contribution is 7.20. The first kappa shape index (κ1) is 10.8. The van der Waals surface area contributed by atoms with E-state index in [0.717, 1.165) is 16.2 Å². The second kappa shape index (κ2) is 4.07. The van der Waals surface area contributed by atoms with Gasteiger partial charge in [0.25, 0.3) is 0 Å². The minimum atomic E-state index is -1.21. The van der Waals surface area contributed by atoms with Crippen molar-refractivity contribution in [1.82, 2.24) is 0 Å². The zero-order valence-electron chi connectivity index (χ0n) is 7.84. The molecule has 2 aromatic rings. The van der Waals surface area contributed by atoms with E-state index < -0.39 is 11.9 Å². The molecule has 4 nitrogen and oxygen atoms in total. The van der Waals surface area contributed by atoms with Crippen molar-refractivity contribution in [2.75, 3.05) is 0 Å². The van der Waals surface area contributed by atoms with Gasteiger partial charge in [-0.1, -0.05) is 6.07 Å². The van der Waals surface area contributed by atoms with Crippen LogP contribution in [0.2, 0.25) is 0 Å². The van der Waals surface area contributed by atoms with Crippen molar-refractivity contribution in [1.29, 1.82) is 0 Å². The van der Waals surface area contributed by atoms with Crippen LogP contribution in [0, 0.1) is 0 Å². The first-order valence-corrected chi connectivity index (χ1v) is 5.99. The standard InChI is InChI=1S/C10H6O4S2/c11-9(12)5-4-16-8(7(5)10(13)14)6-2-1-3-15-6/h1-4H,(H,11,12)(H,13,14). The SMILES string of the molecule is O=C(O)c1csc(-c2cccs2)c1C(=O)O. The molecule has 16 heavy (non-hydrogen) atoms. The number of hydrogen-bond acceptors (Lipinski definition) is 4. The molecular formula is C10H6O4S2. The van der Waals surface area contributed by atoms with Gasteiger partial charge in [0.1, 0.15) is 0 Å². The molecule has 0 amide bonds. The van der Waals surface area contributed by atoms with E-state index in [0.29, 0.717) is 4.88 Å². The van der Waals surface area contributed by atoms with Crippen molar-refractivity contribution in [2.45, 2.75) is 0 Å². The highest BCUT2D eigenvalue weighted by Crippen LogP contribution is 2.35. The predicted molar refractivity (Wildman–Crippen MR) is 61.6 cm³/mol. The highest BCUT2D eigenvalue weighted by Gasteiger charge is 2.23. The monoisotopic (exact) mass is 254 g/mol. The summed E-state index contributed by atoms with van der Waals surface area (Å²) in [6.07, 6.45) is 0. The van der Waals surface area contributed by atoms with Crippen LogP contribution in [-0.4, -0.2) is 22.2 Å². The topological polar surface area (TPSA) is 74.6 Å². The van der Waals surface area contributed by atoms with Crippen LogP contribution in [0.3, 0.4) is 0 Å². The molecule has 2 N–H and O–H groups in total. The zero-order valence-corrected chi connectivity index (χ0v) is 9.47. The third kappa shape index (κ3) is 1.72. The molecule has 0 aliphatic rings. The molecule has 2 heterocycles. The molecule has 0 saturated carbocycles. The molecular weight excluding hydrogens is 248 g/mol. The van der Waals surface area contributed by atoms with E-state index in [1.165, 1.54) is 16.7 Å². The maximum Gasteiger partial charge on any atom is 0.338 e. The summed E-state index contributed by atoms with van der Waals surface area (Å²) >= 11 is 2.53. The van der Waals surface area contributed by atoms with Gasteiger partial charge < -0.3 is 10.2 Å². The van der Waals surface area contributed by atoms with Crippen LogP contribution in [0.1, 0.15) is 20.7 Å². The van der Waals surface area contributed by atoms with Crippen LogP contribution >= 0.6 is 22.7 Å². The summed E-state index contributed by atoms with van der Waals surface area (Å²) in [6.45, 7) is 0. The molecule has 2 aromatic heterocycles. The Morgan fingerprint density at radius 2 is 1.88 bits per heavy atom. The van der Waals surface area contributed by atoms with Gasteiger partial charge in [-0.25, -0.2) is 9.59 Å². The van der Waals surface area contributed by atoms with Crippen molar-refractivity contribution in [2.24, 2.45) is 0 Å². The van der Waals surface area contributed by atoms with E-state index in [2.05, 4.69) is 0 Å². The van der Waals surface area contributed by atoms with Crippen LogP contribution in [0.4, 0.5) is 0 Å². The lowest BCUT2D eigenvalue weighted by Gasteiger charge is -1.97. The van der Waals surface area contributed by atoms with Crippen molar-refractivity contribution in [3.8, 4) is 9.75 Å². The minimum Gasteiger partial charge on any atom is -0.478 e. The third-order valence-electron chi connectivity index (χ3n) is 1.98. The van der Waals surface area contributed by atoms with Crippen LogP contribution in [0.5, 0.6) is 0 Å². The van der Waals surface area contributed by atoms with E-state index in [4.69, 9.17) is 10.2 Å². The van der Waals surface area contributed by atoms with Gasteiger partial charge in [0.05, 0.1) is 16.0 Å². The summed E-state index contributed by atoms with van der Waals surface area (Å²) in [5.41, 5.74) is -0.277. The van der Waals surface area contributed by atoms with Gasteiger partial charge >= 0.3 is 11.9 Å². The number of carboxylic acids is 2. The lowest BCUT2D eigenvalue weighted by molar-refractivity contribution is 0.0653. The molecule has 0 aliphatic heterocycles. The third-order valence-corrected chi connectivity index (χ3v) is 4.01. The summed E-state index contributed by atoms with van der Waals surface area (Å²) < 4.78 is 0. The molecule has 0 saturated heterocycles. The van der Waals surface area contributed by atoms with Gasteiger partial charge in [-0.3, -0.25) is 0 Å². The summed E-state index contributed by atoms with van der Waals surface area (Å²) in [5.74, 6) is -2.42. The average molecular weight is 254 g/mol. The highest BCUT2D eigenvalue weighted by atomic mass is 32.1. The maximum absolute atomic E-state index is 11.1. The largest absolute Gasteiger partial charge is 0.478 e. The van der Waals surface area contributed by atoms with Crippen LogP contribution < -0.4 is 0 Å². The van der Waals surface area contributed by atoms with Gasteiger partial charge in [-0.15, -0.1) is 22.7 Å². The molecule has 0 spiro atoms. The Bertz CT molecular complexity index is 539. The lowest BCUT2D eigenvalue weighted by atomic mass is 10.1. The molecule has 0 fully saturated rings. The summed E-state index contributed by atoms with van der Waals surface area (Å²) in [4.78, 5) is 23.2. The van der Waals surface area contributed by atoms with Gasteiger partial charge in [-0.05, 0) is 11.4 Å². The maximum atomic E-state index is 11.1. The first-order chi connectivity index (χ1) is 7.61. The average Bonchev–Trinajstić information content (AvgIpc) is 2.85. The zero-order chi connectivity index (χ0) is 11.7. The molecule has 0 unspecified atom stereocenters. The Balaban J connectivity index is 2.64. The second-order valence-electron chi connectivity index (χ2n) is 2.94. The fraction of sp³-hybridized carbons (Fsp3) is 0. The summed E-state index contributed by atoms with van der Waals surface area (Å²) in [6, 6.07) is 3.57. The van der Waals surface area contributed by atoms with E-state index in [9.17, 15) is 9.59 Å². The number of carboxylic acid groups (broad SMARTS) is 2. The Hall–Kier alpha value is -1.66. The summed E-state index contributed by atoms with van der Waals surface area (Å²) in [7, 11) is 0. The first-order valence-electron chi connectivity index (χ1n) is 4.23. The molecule has 6 heteroatoms. The molecule has 0 radical (unpaired) electrons. The Morgan fingerprint density at radius 3 is 2.38 bits per heavy atom. The minimum absolute atomic E-state index is 0.125. The fourth-order valence-electron chi connectivity index (χ4n) is 1.32. The van der Waals surface area contributed by atoms with Crippen molar-refractivity contribution >= 4 is 34.6 Å². The van der Waals surface area contributed by atoms with Crippen LogP contribution in [0.15, 0.2) is 22.9 Å². The number of aromatic carboxylic acids is 2. The number of rotatable bonds is 3. The van der Waals surface area contributed by atoms with Gasteiger partial charge in [0.2, 0.25) is 0 Å². The van der Waals surface area contributed by atoms with Gasteiger partial charge in [-0.2, -0.15) is 0 Å². The normalized spacial score (nSPS) is 10.2. The molecule has 0 atom stereocenters. The van der Waals surface area contributed by atoms with Crippen molar-refractivity contribution < 1.29 is 19.8 Å². The smallest absolute Gasteiger partial charge is 0.338 e. The number of carbonyl (C=O) groups is 2. The van der Waals surface area contributed by atoms with E-state index >= 15 is 0 Å². The van der Waals surface area contributed by atoms with Crippen molar-refractivity contribution in [3.05, 3.63) is 34.0 Å². The predicted octanol–water partition coefficient (Wildman–Crippen LogP) is 2.87. The summed E-state index contributed by atoms with van der Waals surface area (Å²) in [5, 5.41) is 21.1. The number of hydrogen-bond donors (Lipinski definition) is 2. The van der Waals surface area contributed by atoms with E-state index in [1.807, 2.05) is 5.38 Å². The van der Waals surface area contributed by atoms with Crippen LogP contribution in [0.25, 0.3) is 9.75 Å². The second-order valence-corrected chi connectivity index (χ2v) is 4.77. The Kier molecular flexibility index (Phi) is 2.76. The van der Waals surface area contributed by atoms with Gasteiger partial charge in [0, 0.05) is 10.3 Å². The van der Waals surface area contributed by atoms with Gasteiger partial charge in [0.15, 0.2) is 0 Å². The van der Waals surface area contributed by atoms with Crippen molar-refractivity contribution in [3.63, 3.8) is 0 Å².